The second-order valence-electron chi connectivity index (χ2n) is 4.13. The van der Waals surface area contributed by atoms with E-state index in [0.717, 1.165) is 12.5 Å². The molecule has 2 rings (SSSR count). The molecule has 11 heteroatoms. The number of nitrogens with zero attached hydrogens (tertiary/aromatic N) is 2. The van der Waals surface area contributed by atoms with Gasteiger partial charge in [-0.2, -0.15) is 0 Å². The number of benzene rings is 1. The van der Waals surface area contributed by atoms with Crippen LogP contribution in [0.25, 0.3) is 0 Å². The van der Waals surface area contributed by atoms with Crippen molar-refractivity contribution in [2.24, 2.45) is 0 Å². The van der Waals surface area contributed by atoms with Crippen LogP contribution in [-0.2, 0) is 10.0 Å². The van der Waals surface area contributed by atoms with Gasteiger partial charge in [0.25, 0.3) is 5.91 Å². The third kappa shape index (κ3) is 3.99. The van der Waals surface area contributed by atoms with Crippen molar-refractivity contribution in [3.63, 3.8) is 0 Å². The minimum absolute atomic E-state index is 0.0471. The molecule has 1 heterocycles. The molecule has 0 saturated carbocycles. The zero-order valence-corrected chi connectivity index (χ0v) is 12.8. The molecule has 0 radical (unpaired) electrons. The van der Waals surface area contributed by atoms with Crippen LogP contribution < -0.4 is 10.0 Å². The second kappa shape index (κ2) is 6.07. The number of hydrogen-bond donors (Lipinski definition) is 2. The van der Waals surface area contributed by atoms with E-state index in [-0.39, 0.29) is 21.4 Å². The van der Waals surface area contributed by atoms with Crippen molar-refractivity contribution in [3.8, 4) is 0 Å². The van der Waals surface area contributed by atoms with Gasteiger partial charge in [-0.05, 0) is 23.5 Å². The summed E-state index contributed by atoms with van der Waals surface area (Å²) in [6.07, 6.45) is 1.99. The van der Waals surface area contributed by atoms with Crippen molar-refractivity contribution < 1.29 is 18.1 Å². The molecule has 1 aromatic heterocycles. The summed E-state index contributed by atoms with van der Waals surface area (Å²) in [5.74, 6) is -0.629. The molecule has 2 N–H and O–H groups in total. The zero-order chi connectivity index (χ0) is 16.3. The van der Waals surface area contributed by atoms with Gasteiger partial charge < -0.3 is 0 Å². The van der Waals surface area contributed by atoms with Gasteiger partial charge in [-0.25, -0.2) is 13.4 Å². The third-order valence-corrected chi connectivity index (χ3v) is 3.82. The Bertz CT molecular complexity index is 831. The molecular weight excluding hydrogens is 332 g/mol. The molecule has 2 aromatic rings. The van der Waals surface area contributed by atoms with Crippen LogP contribution in [0.2, 0.25) is 0 Å². The number of nitro groups is 1. The molecule has 0 aliphatic carbocycles. The standard InChI is InChI=1S/C11H10N4O5S2/c1-22(19,20)14-8-5-3-2-4-7(8)10(16)13-11-12-6-9(21-11)15(17)18/h2-6,14H,1H3,(H,12,13,16). The largest absolute Gasteiger partial charge is 0.345 e. The number of sulfonamides is 1. The summed E-state index contributed by atoms with van der Waals surface area (Å²) in [7, 11) is -3.55. The molecule has 0 bridgehead atoms. The predicted molar refractivity (Wildman–Crippen MR) is 81.6 cm³/mol. The van der Waals surface area contributed by atoms with E-state index in [9.17, 15) is 23.3 Å². The fourth-order valence-electron chi connectivity index (χ4n) is 1.54. The van der Waals surface area contributed by atoms with E-state index >= 15 is 0 Å². The van der Waals surface area contributed by atoms with Gasteiger partial charge in [-0.15, -0.1) is 0 Å². The van der Waals surface area contributed by atoms with Crippen LogP contribution in [0.5, 0.6) is 0 Å². The first-order chi connectivity index (χ1) is 10.3. The summed E-state index contributed by atoms with van der Waals surface area (Å²) in [5, 5.41) is 12.8. The van der Waals surface area contributed by atoms with E-state index in [1.807, 2.05) is 0 Å². The molecule has 1 amide bonds. The Kier molecular flexibility index (Phi) is 4.37. The van der Waals surface area contributed by atoms with E-state index in [1.54, 1.807) is 12.1 Å². The van der Waals surface area contributed by atoms with Gasteiger partial charge in [-0.3, -0.25) is 24.9 Å². The predicted octanol–water partition coefficient (Wildman–Crippen LogP) is 1.68. The Morgan fingerprint density at radius 2 is 2.05 bits per heavy atom. The maximum atomic E-state index is 12.2. The topological polar surface area (TPSA) is 131 Å². The monoisotopic (exact) mass is 342 g/mol. The molecule has 0 spiro atoms. The van der Waals surface area contributed by atoms with Crippen molar-refractivity contribution in [2.45, 2.75) is 0 Å². The molecule has 1 aromatic carbocycles. The van der Waals surface area contributed by atoms with E-state index in [1.165, 1.54) is 12.1 Å². The van der Waals surface area contributed by atoms with Crippen LogP contribution in [-0.4, -0.2) is 30.5 Å². The number of aromatic nitrogens is 1. The first-order valence-electron chi connectivity index (χ1n) is 5.74. The van der Waals surface area contributed by atoms with Gasteiger partial charge in [0.2, 0.25) is 10.0 Å². The summed E-state index contributed by atoms with van der Waals surface area (Å²) in [4.78, 5) is 25.8. The fraction of sp³-hybridized carbons (Fsp3) is 0.0909. The summed E-state index contributed by atoms with van der Waals surface area (Å²) >= 11 is 0.702. The SMILES string of the molecule is CS(=O)(=O)Nc1ccccc1C(=O)Nc1ncc([N+](=O)[O-])s1. The number of carbonyl (C=O) groups is 1. The number of anilines is 2. The van der Waals surface area contributed by atoms with Gasteiger partial charge in [0.1, 0.15) is 6.20 Å². The maximum Gasteiger partial charge on any atom is 0.345 e. The lowest BCUT2D eigenvalue weighted by Crippen LogP contribution is -2.17. The molecular formula is C11H10N4O5S2. The average Bonchev–Trinajstić information content (AvgIpc) is 2.86. The van der Waals surface area contributed by atoms with E-state index < -0.39 is 20.9 Å². The van der Waals surface area contributed by atoms with Crippen molar-refractivity contribution in [2.75, 3.05) is 16.3 Å². The van der Waals surface area contributed by atoms with Gasteiger partial charge in [0.15, 0.2) is 5.13 Å². The number of nitrogens with one attached hydrogen (secondary N) is 2. The molecule has 9 nitrogen and oxygen atoms in total. The van der Waals surface area contributed by atoms with Crippen molar-refractivity contribution >= 4 is 43.1 Å². The number of carbonyl (C=O) groups excluding carboxylic acids is 1. The average molecular weight is 342 g/mol. The lowest BCUT2D eigenvalue weighted by Gasteiger charge is -2.09. The molecule has 0 fully saturated rings. The van der Waals surface area contributed by atoms with Crippen LogP contribution in [0.1, 0.15) is 10.4 Å². The smallest absolute Gasteiger partial charge is 0.298 e. The number of para-hydroxylation sites is 1. The molecule has 22 heavy (non-hydrogen) atoms. The van der Waals surface area contributed by atoms with Crippen LogP contribution in [0.15, 0.2) is 30.5 Å². The number of hydrogen-bond acceptors (Lipinski definition) is 7. The van der Waals surface area contributed by atoms with Gasteiger partial charge in [-0.1, -0.05) is 12.1 Å². The van der Waals surface area contributed by atoms with Crippen molar-refractivity contribution in [3.05, 3.63) is 46.1 Å². The molecule has 0 unspecified atom stereocenters. The lowest BCUT2D eigenvalue weighted by atomic mass is 10.2. The quantitative estimate of drug-likeness (QED) is 0.627. The van der Waals surface area contributed by atoms with E-state index in [0.29, 0.717) is 11.3 Å². The van der Waals surface area contributed by atoms with Crippen LogP contribution >= 0.6 is 11.3 Å². The Balaban J connectivity index is 2.24. The number of amides is 1. The van der Waals surface area contributed by atoms with Crippen molar-refractivity contribution in [1.82, 2.24) is 4.98 Å². The minimum atomic E-state index is -3.55. The fourth-order valence-corrected chi connectivity index (χ4v) is 2.75. The Labute approximate surface area is 129 Å². The normalized spacial score (nSPS) is 11.0. The minimum Gasteiger partial charge on any atom is -0.298 e. The molecule has 0 atom stereocenters. The van der Waals surface area contributed by atoms with Gasteiger partial charge in [0.05, 0.1) is 22.4 Å². The Morgan fingerprint density at radius 3 is 2.64 bits per heavy atom. The molecule has 0 aliphatic heterocycles. The van der Waals surface area contributed by atoms with Crippen LogP contribution in [0, 0.1) is 10.1 Å². The summed E-state index contributed by atoms with van der Waals surface area (Å²) in [6.45, 7) is 0. The highest BCUT2D eigenvalue weighted by atomic mass is 32.2. The molecule has 0 aliphatic rings. The van der Waals surface area contributed by atoms with Gasteiger partial charge in [0, 0.05) is 0 Å². The Morgan fingerprint density at radius 1 is 1.36 bits per heavy atom. The van der Waals surface area contributed by atoms with Crippen LogP contribution in [0.4, 0.5) is 15.8 Å². The van der Waals surface area contributed by atoms with Gasteiger partial charge >= 0.3 is 5.00 Å². The van der Waals surface area contributed by atoms with E-state index in [4.69, 9.17) is 0 Å². The highest BCUT2D eigenvalue weighted by Gasteiger charge is 2.17. The molecule has 116 valence electrons. The Hall–Kier alpha value is -2.53. The lowest BCUT2D eigenvalue weighted by molar-refractivity contribution is -0.380. The second-order valence-corrected chi connectivity index (χ2v) is 6.89. The number of thiazole rings is 1. The van der Waals surface area contributed by atoms with Crippen LogP contribution in [0.3, 0.4) is 0 Å². The van der Waals surface area contributed by atoms with Crippen molar-refractivity contribution in [1.29, 1.82) is 0 Å². The summed E-state index contributed by atoms with van der Waals surface area (Å²) in [5.41, 5.74) is 0.180. The summed E-state index contributed by atoms with van der Waals surface area (Å²) in [6, 6.07) is 5.98. The zero-order valence-electron chi connectivity index (χ0n) is 11.1. The first-order valence-corrected chi connectivity index (χ1v) is 8.45. The maximum absolute atomic E-state index is 12.2. The number of rotatable bonds is 5. The third-order valence-electron chi connectivity index (χ3n) is 2.36. The molecule has 0 saturated heterocycles. The highest BCUT2D eigenvalue weighted by Crippen LogP contribution is 2.26. The highest BCUT2D eigenvalue weighted by molar-refractivity contribution is 7.92. The van der Waals surface area contributed by atoms with E-state index in [2.05, 4.69) is 15.0 Å². The summed E-state index contributed by atoms with van der Waals surface area (Å²) < 4.78 is 24.8. The first kappa shape index (κ1) is 15.9.